The SMILES string of the molecule is O=C(CN1C(=O)CNC1=O)NC1CC(=O)N(c2ccc(F)cc2)C1. The van der Waals surface area contributed by atoms with E-state index >= 15 is 0 Å². The Morgan fingerprint density at radius 1 is 1.21 bits per heavy atom. The highest BCUT2D eigenvalue weighted by Crippen LogP contribution is 2.21. The fourth-order valence-corrected chi connectivity index (χ4v) is 2.71. The van der Waals surface area contributed by atoms with E-state index in [0.717, 1.165) is 4.90 Å². The minimum atomic E-state index is -0.606. The van der Waals surface area contributed by atoms with Crippen molar-refractivity contribution in [2.75, 3.05) is 24.5 Å². The lowest BCUT2D eigenvalue weighted by molar-refractivity contribution is -0.131. The molecule has 1 atom stereocenters. The smallest absolute Gasteiger partial charge is 0.325 e. The van der Waals surface area contributed by atoms with Crippen LogP contribution in [0.1, 0.15) is 6.42 Å². The number of imide groups is 1. The van der Waals surface area contributed by atoms with Crippen molar-refractivity contribution in [1.29, 1.82) is 0 Å². The maximum atomic E-state index is 13.0. The van der Waals surface area contributed by atoms with E-state index in [1.807, 2.05) is 0 Å². The number of carbonyl (C=O) groups is 4. The van der Waals surface area contributed by atoms with Crippen LogP contribution in [0.5, 0.6) is 0 Å². The number of anilines is 1. The van der Waals surface area contributed by atoms with Crippen molar-refractivity contribution in [2.45, 2.75) is 12.5 Å². The molecule has 0 aromatic heterocycles. The van der Waals surface area contributed by atoms with Gasteiger partial charge < -0.3 is 15.5 Å². The summed E-state index contributed by atoms with van der Waals surface area (Å²) in [5.41, 5.74) is 0.548. The molecule has 24 heavy (non-hydrogen) atoms. The van der Waals surface area contributed by atoms with Crippen LogP contribution in [0.15, 0.2) is 24.3 Å². The standard InChI is InChI=1S/C15H15FN4O4/c16-9-1-3-11(4-2-9)19-7-10(5-13(19)22)18-12(21)8-20-14(23)6-17-15(20)24/h1-4,10H,5-8H2,(H,17,24)(H,18,21). The third-order valence-corrected chi connectivity index (χ3v) is 3.87. The summed E-state index contributed by atoms with van der Waals surface area (Å²) in [7, 11) is 0. The first kappa shape index (κ1) is 15.9. The molecule has 5 amide bonds. The molecule has 126 valence electrons. The van der Waals surface area contributed by atoms with Gasteiger partial charge in [0, 0.05) is 18.7 Å². The molecular weight excluding hydrogens is 319 g/mol. The number of nitrogens with one attached hydrogen (secondary N) is 2. The van der Waals surface area contributed by atoms with Crippen LogP contribution in [0.3, 0.4) is 0 Å². The maximum absolute atomic E-state index is 13.0. The first-order chi connectivity index (χ1) is 11.4. The molecule has 9 heteroatoms. The Morgan fingerprint density at radius 2 is 1.92 bits per heavy atom. The lowest BCUT2D eigenvalue weighted by Crippen LogP contribution is -2.45. The predicted molar refractivity (Wildman–Crippen MR) is 80.4 cm³/mol. The number of nitrogens with zero attached hydrogens (tertiary/aromatic N) is 2. The second kappa shape index (κ2) is 6.26. The van der Waals surface area contributed by atoms with Crippen LogP contribution in [-0.2, 0) is 14.4 Å². The molecule has 2 fully saturated rings. The van der Waals surface area contributed by atoms with Gasteiger partial charge in [0.25, 0.3) is 5.91 Å². The van der Waals surface area contributed by atoms with Crippen molar-refractivity contribution >= 4 is 29.4 Å². The summed E-state index contributed by atoms with van der Waals surface area (Å²) in [4.78, 5) is 49.1. The molecule has 1 aromatic rings. The molecule has 2 saturated heterocycles. The van der Waals surface area contributed by atoms with Crippen molar-refractivity contribution < 1.29 is 23.6 Å². The maximum Gasteiger partial charge on any atom is 0.325 e. The Labute approximate surface area is 136 Å². The van der Waals surface area contributed by atoms with Gasteiger partial charge in [0.2, 0.25) is 11.8 Å². The van der Waals surface area contributed by atoms with Crippen molar-refractivity contribution in [3.05, 3.63) is 30.1 Å². The Kier molecular flexibility index (Phi) is 4.15. The number of hydrogen-bond donors (Lipinski definition) is 2. The minimum absolute atomic E-state index is 0.100. The van der Waals surface area contributed by atoms with Gasteiger partial charge in [0.05, 0.1) is 12.6 Å². The van der Waals surface area contributed by atoms with Crippen molar-refractivity contribution in [3.8, 4) is 0 Å². The highest BCUT2D eigenvalue weighted by Gasteiger charge is 2.34. The molecule has 2 aliphatic heterocycles. The molecular formula is C15H15FN4O4. The predicted octanol–water partition coefficient (Wildman–Crippen LogP) is -0.401. The van der Waals surface area contributed by atoms with Gasteiger partial charge in [-0.25, -0.2) is 9.18 Å². The highest BCUT2D eigenvalue weighted by atomic mass is 19.1. The lowest BCUT2D eigenvalue weighted by Gasteiger charge is -2.18. The van der Waals surface area contributed by atoms with Gasteiger partial charge in [-0.1, -0.05) is 0 Å². The monoisotopic (exact) mass is 334 g/mol. The first-order valence-electron chi connectivity index (χ1n) is 7.37. The quantitative estimate of drug-likeness (QED) is 0.732. The largest absolute Gasteiger partial charge is 0.349 e. The van der Waals surface area contributed by atoms with E-state index in [1.54, 1.807) is 0 Å². The zero-order valence-electron chi connectivity index (χ0n) is 12.6. The van der Waals surface area contributed by atoms with Gasteiger partial charge in [-0.05, 0) is 24.3 Å². The number of urea groups is 1. The summed E-state index contributed by atoms with van der Waals surface area (Å²) >= 11 is 0. The molecule has 0 aliphatic carbocycles. The molecule has 2 N–H and O–H groups in total. The highest BCUT2D eigenvalue weighted by molar-refractivity contribution is 6.04. The number of benzene rings is 1. The van der Waals surface area contributed by atoms with Gasteiger partial charge in [0.15, 0.2) is 0 Å². The van der Waals surface area contributed by atoms with Gasteiger partial charge in [0.1, 0.15) is 12.4 Å². The lowest BCUT2D eigenvalue weighted by atomic mass is 10.2. The Balaban J connectivity index is 1.58. The molecule has 1 unspecified atom stereocenters. The second-order valence-corrected chi connectivity index (χ2v) is 5.59. The number of hydrogen-bond acceptors (Lipinski definition) is 4. The summed E-state index contributed by atoms with van der Waals surface area (Å²) in [6, 6.07) is 4.45. The van der Waals surface area contributed by atoms with Crippen LogP contribution in [0.25, 0.3) is 0 Å². The van der Waals surface area contributed by atoms with Crippen molar-refractivity contribution in [2.24, 2.45) is 0 Å². The van der Waals surface area contributed by atoms with E-state index in [9.17, 15) is 23.6 Å². The Bertz CT molecular complexity index is 690. The van der Waals surface area contributed by atoms with E-state index in [4.69, 9.17) is 0 Å². The van der Waals surface area contributed by atoms with Crippen LogP contribution < -0.4 is 15.5 Å². The topological polar surface area (TPSA) is 98.8 Å². The van der Waals surface area contributed by atoms with Crippen LogP contribution >= 0.6 is 0 Å². The van der Waals surface area contributed by atoms with Gasteiger partial charge >= 0.3 is 6.03 Å². The first-order valence-corrected chi connectivity index (χ1v) is 7.37. The average molecular weight is 334 g/mol. The number of carbonyl (C=O) groups excluding carboxylic acids is 4. The minimum Gasteiger partial charge on any atom is -0.349 e. The normalized spacial score (nSPS) is 20.5. The average Bonchev–Trinajstić information content (AvgIpc) is 3.05. The van der Waals surface area contributed by atoms with Crippen LogP contribution in [-0.4, -0.2) is 54.3 Å². The number of halogens is 1. The second-order valence-electron chi connectivity index (χ2n) is 5.59. The van der Waals surface area contributed by atoms with E-state index in [0.29, 0.717) is 5.69 Å². The van der Waals surface area contributed by atoms with Gasteiger partial charge in [-0.3, -0.25) is 19.3 Å². The van der Waals surface area contributed by atoms with Crippen LogP contribution in [0.4, 0.5) is 14.9 Å². The summed E-state index contributed by atoms with van der Waals surface area (Å²) in [6.45, 7) is -0.255. The summed E-state index contributed by atoms with van der Waals surface area (Å²) in [5, 5.41) is 4.96. The summed E-state index contributed by atoms with van der Waals surface area (Å²) in [5.74, 6) is -1.57. The summed E-state index contributed by atoms with van der Waals surface area (Å²) < 4.78 is 13.0. The number of rotatable bonds is 4. The van der Waals surface area contributed by atoms with Crippen LogP contribution in [0, 0.1) is 5.82 Å². The van der Waals surface area contributed by atoms with E-state index in [2.05, 4.69) is 10.6 Å². The molecule has 3 rings (SSSR count). The Hall–Kier alpha value is -2.97. The van der Waals surface area contributed by atoms with Crippen molar-refractivity contribution in [3.63, 3.8) is 0 Å². The zero-order chi connectivity index (χ0) is 17.3. The van der Waals surface area contributed by atoms with Gasteiger partial charge in [-0.2, -0.15) is 0 Å². The molecule has 2 heterocycles. The molecule has 0 bridgehead atoms. The molecule has 8 nitrogen and oxygen atoms in total. The molecule has 2 aliphatic rings. The van der Waals surface area contributed by atoms with Crippen LogP contribution in [0.2, 0.25) is 0 Å². The fourth-order valence-electron chi connectivity index (χ4n) is 2.71. The van der Waals surface area contributed by atoms with Gasteiger partial charge in [-0.15, -0.1) is 0 Å². The molecule has 1 aromatic carbocycles. The summed E-state index contributed by atoms with van der Waals surface area (Å²) in [6.07, 6.45) is 0.100. The third-order valence-electron chi connectivity index (χ3n) is 3.87. The van der Waals surface area contributed by atoms with E-state index in [1.165, 1.54) is 29.2 Å². The van der Waals surface area contributed by atoms with E-state index in [-0.39, 0.29) is 32.0 Å². The molecule has 0 spiro atoms. The molecule has 0 saturated carbocycles. The van der Waals surface area contributed by atoms with Crippen molar-refractivity contribution in [1.82, 2.24) is 15.5 Å². The third kappa shape index (κ3) is 3.19. The fraction of sp³-hybridized carbons (Fsp3) is 0.333. The molecule has 0 radical (unpaired) electrons. The number of amides is 5. The zero-order valence-corrected chi connectivity index (χ0v) is 12.6. The van der Waals surface area contributed by atoms with E-state index < -0.39 is 29.7 Å². The Morgan fingerprint density at radius 3 is 2.54 bits per heavy atom.